The minimum atomic E-state index is -1.01. The van der Waals surface area contributed by atoms with Gasteiger partial charge < -0.3 is 14.6 Å². The molecule has 0 aromatic carbocycles. The van der Waals surface area contributed by atoms with E-state index in [2.05, 4.69) is 0 Å². The summed E-state index contributed by atoms with van der Waals surface area (Å²) in [6, 6.07) is 0. The van der Waals surface area contributed by atoms with Crippen LogP contribution in [0.25, 0.3) is 0 Å². The molecule has 0 saturated carbocycles. The zero-order chi connectivity index (χ0) is 9.68. The Morgan fingerprint density at radius 3 is 2.92 bits per heavy atom. The smallest absolute Gasteiger partial charge is 0.370 e. The summed E-state index contributed by atoms with van der Waals surface area (Å²) in [7, 11) is 0. The number of hydrogen-bond donors (Lipinski definition) is 1. The van der Waals surface area contributed by atoms with Crippen LogP contribution in [0.15, 0.2) is 11.8 Å². The first-order chi connectivity index (χ1) is 6.24. The van der Waals surface area contributed by atoms with E-state index < -0.39 is 5.97 Å². The highest BCUT2D eigenvalue weighted by Crippen LogP contribution is 2.11. The minimum absolute atomic E-state index is 0.0392. The van der Waals surface area contributed by atoms with Crippen molar-refractivity contribution in [2.75, 3.05) is 13.2 Å². The number of carboxylic acid groups (broad SMARTS) is 1. The van der Waals surface area contributed by atoms with Gasteiger partial charge in [0, 0.05) is 0 Å². The zero-order valence-corrected chi connectivity index (χ0v) is 7.66. The number of hydrogen-bond acceptors (Lipinski definition) is 3. The molecule has 13 heavy (non-hydrogen) atoms. The van der Waals surface area contributed by atoms with E-state index in [1.54, 1.807) is 6.08 Å². The summed E-state index contributed by atoms with van der Waals surface area (Å²) in [5, 5.41) is 8.70. The Labute approximate surface area is 77.1 Å². The molecule has 1 aliphatic heterocycles. The first-order valence-electron chi connectivity index (χ1n) is 4.42. The summed E-state index contributed by atoms with van der Waals surface area (Å²) in [4.78, 5) is 10.6. The van der Waals surface area contributed by atoms with Gasteiger partial charge in [0.2, 0.25) is 0 Å². The molecule has 0 aromatic heterocycles. The van der Waals surface area contributed by atoms with Crippen LogP contribution in [0.2, 0.25) is 0 Å². The Hall–Kier alpha value is -1.03. The van der Waals surface area contributed by atoms with Crippen LogP contribution in [-0.4, -0.2) is 30.4 Å². The topological polar surface area (TPSA) is 59.1 Å². The van der Waals surface area contributed by atoms with Crippen molar-refractivity contribution in [3.8, 4) is 0 Å². The molecule has 74 valence electrons. The summed E-state index contributed by atoms with van der Waals surface area (Å²) >= 11 is 0. The Bertz CT molecular complexity index is 206. The summed E-state index contributed by atoms with van der Waals surface area (Å²) in [5.74, 6) is -0.966. The van der Waals surface area contributed by atoms with E-state index >= 15 is 0 Å². The van der Waals surface area contributed by atoms with Gasteiger partial charge in [0.15, 0.2) is 5.76 Å². The minimum Gasteiger partial charge on any atom is -0.484 e. The van der Waals surface area contributed by atoms with Crippen molar-refractivity contribution in [1.29, 1.82) is 0 Å². The van der Waals surface area contributed by atoms with E-state index in [-0.39, 0.29) is 11.9 Å². The van der Waals surface area contributed by atoms with Gasteiger partial charge >= 0.3 is 5.97 Å². The molecule has 0 radical (unpaired) electrons. The molecule has 1 fully saturated rings. The third-order valence-electron chi connectivity index (χ3n) is 1.66. The van der Waals surface area contributed by atoms with Crippen molar-refractivity contribution < 1.29 is 19.4 Å². The summed E-state index contributed by atoms with van der Waals surface area (Å²) in [6.45, 7) is 3.02. The molecule has 4 heteroatoms. The first-order valence-corrected chi connectivity index (χ1v) is 4.42. The maximum atomic E-state index is 10.6. The molecule has 4 nitrogen and oxygen atoms in total. The summed E-state index contributed by atoms with van der Waals surface area (Å²) < 4.78 is 9.96. The maximum Gasteiger partial charge on any atom is 0.370 e. The normalized spacial score (nSPS) is 21.3. The molecular weight excluding hydrogens is 172 g/mol. The highest BCUT2D eigenvalue weighted by Gasteiger charge is 2.24. The number of carboxylic acids is 1. The van der Waals surface area contributed by atoms with Crippen molar-refractivity contribution in [3.63, 3.8) is 0 Å². The first kappa shape index (κ1) is 10.1. The summed E-state index contributed by atoms with van der Waals surface area (Å²) in [5.41, 5.74) is 0. The van der Waals surface area contributed by atoms with Gasteiger partial charge in [-0.25, -0.2) is 4.79 Å². The number of carbonyl (C=O) groups is 1. The standard InChI is InChI=1S/C9H14O4/c1-2-3-4-8(9(10)11)13-6-7-5-12-7/h4,7H,2-3,5-6H2,1H3,(H,10,11)/b8-4+. The molecular formula is C9H14O4. The van der Waals surface area contributed by atoms with E-state index in [0.717, 1.165) is 12.8 Å². The van der Waals surface area contributed by atoms with Gasteiger partial charge in [-0.05, 0) is 12.5 Å². The third kappa shape index (κ3) is 3.94. The van der Waals surface area contributed by atoms with E-state index in [4.69, 9.17) is 14.6 Å². The lowest BCUT2D eigenvalue weighted by molar-refractivity contribution is -0.136. The Morgan fingerprint density at radius 2 is 2.46 bits per heavy atom. The van der Waals surface area contributed by atoms with Gasteiger partial charge in [-0.2, -0.15) is 0 Å². The molecule has 1 saturated heterocycles. The van der Waals surface area contributed by atoms with Crippen LogP contribution in [0.3, 0.4) is 0 Å². The highest BCUT2D eigenvalue weighted by atomic mass is 16.6. The Kier molecular flexibility index (Phi) is 3.76. The number of aliphatic carboxylic acids is 1. The molecule has 1 aliphatic rings. The second kappa shape index (κ2) is 4.87. The molecule has 0 aromatic rings. The lowest BCUT2D eigenvalue weighted by atomic mass is 10.3. The van der Waals surface area contributed by atoms with Gasteiger partial charge in [0.25, 0.3) is 0 Å². The number of allylic oxidation sites excluding steroid dienone is 1. The van der Waals surface area contributed by atoms with Gasteiger partial charge in [-0.3, -0.25) is 0 Å². The van der Waals surface area contributed by atoms with Crippen LogP contribution < -0.4 is 0 Å². The molecule has 1 N–H and O–H groups in total. The largest absolute Gasteiger partial charge is 0.484 e. The molecule has 0 aliphatic carbocycles. The van der Waals surface area contributed by atoms with Crippen molar-refractivity contribution in [2.45, 2.75) is 25.9 Å². The van der Waals surface area contributed by atoms with Crippen molar-refractivity contribution in [2.24, 2.45) is 0 Å². The Morgan fingerprint density at radius 1 is 1.77 bits per heavy atom. The fourth-order valence-corrected chi connectivity index (χ4v) is 0.830. The third-order valence-corrected chi connectivity index (χ3v) is 1.66. The highest BCUT2D eigenvalue weighted by molar-refractivity contribution is 5.84. The molecule has 0 amide bonds. The average molecular weight is 186 g/mol. The molecule has 0 bridgehead atoms. The second-order valence-corrected chi connectivity index (χ2v) is 2.93. The molecule has 1 rings (SSSR count). The summed E-state index contributed by atoms with van der Waals surface area (Å²) in [6.07, 6.45) is 3.35. The van der Waals surface area contributed by atoms with Crippen LogP contribution in [0.4, 0.5) is 0 Å². The van der Waals surface area contributed by atoms with Crippen LogP contribution >= 0.6 is 0 Å². The van der Waals surface area contributed by atoms with E-state index in [1.165, 1.54) is 0 Å². The maximum absolute atomic E-state index is 10.6. The lowest BCUT2D eigenvalue weighted by Gasteiger charge is -2.03. The van der Waals surface area contributed by atoms with Gasteiger partial charge in [-0.1, -0.05) is 13.3 Å². The number of epoxide rings is 1. The van der Waals surface area contributed by atoms with Crippen LogP contribution in [-0.2, 0) is 14.3 Å². The van der Waals surface area contributed by atoms with E-state index in [0.29, 0.717) is 13.2 Å². The molecule has 1 unspecified atom stereocenters. The van der Waals surface area contributed by atoms with Crippen LogP contribution in [0.5, 0.6) is 0 Å². The number of rotatable bonds is 6. The SMILES string of the molecule is CCC/C=C(/OCC1CO1)C(=O)O. The average Bonchev–Trinajstić information content (AvgIpc) is 2.87. The fourth-order valence-electron chi connectivity index (χ4n) is 0.830. The van der Waals surface area contributed by atoms with E-state index in [1.807, 2.05) is 6.92 Å². The van der Waals surface area contributed by atoms with Gasteiger partial charge in [0.05, 0.1) is 6.61 Å². The van der Waals surface area contributed by atoms with Crippen LogP contribution in [0.1, 0.15) is 19.8 Å². The van der Waals surface area contributed by atoms with Gasteiger partial charge in [-0.15, -0.1) is 0 Å². The number of ether oxygens (including phenoxy) is 2. The van der Waals surface area contributed by atoms with Crippen LogP contribution in [0, 0.1) is 0 Å². The lowest BCUT2D eigenvalue weighted by Crippen LogP contribution is -2.09. The van der Waals surface area contributed by atoms with Crippen molar-refractivity contribution >= 4 is 5.97 Å². The quantitative estimate of drug-likeness (QED) is 0.384. The number of unbranched alkanes of at least 4 members (excludes halogenated alkanes) is 1. The van der Waals surface area contributed by atoms with Crippen molar-refractivity contribution in [3.05, 3.63) is 11.8 Å². The van der Waals surface area contributed by atoms with Crippen molar-refractivity contribution in [1.82, 2.24) is 0 Å². The zero-order valence-electron chi connectivity index (χ0n) is 7.66. The predicted octanol–water partition coefficient (Wildman–Crippen LogP) is 1.17. The Balaban J connectivity index is 2.31. The van der Waals surface area contributed by atoms with Gasteiger partial charge in [0.1, 0.15) is 12.7 Å². The monoisotopic (exact) mass is 186 g/mol. The fraction of sp³-hybridized carbons (Fsp3) is 0.667. The second-order valence-electron chi connectivity index (χ2n) is 2.93. The van der Waals surface area contributed by atoms with E-state index in [9.17, 15) is 4.79 Å². The predicted molar refractivity (Wildman–Crippen MR) is 46.3 cm³/mol. The molecule has 1 heterocycles. The molecule has 1 atom stereocenters. The molecule has 0 spiro atoms.